The smallest absolute Gasteiger partial charge is 0.243 e. The van der Waals surface area contributed by atoms with Crippen molar-refractivity contribution in [2.75, 3.05) is 46.5 Å². The van der Waals surface area contributed by atoms with Crippen molar-refractivity contribution < 1.29 is 28.7 Å². The van der Waals surface area contributed by atoms with Gasteiger partial charge in [0, 0.05) is 19.5 Å². The first-order chi connectivity index (χ1) is 14.9. The number of carbonyl (C=O) groups is 4. The van der Waals surface area contributed by atoms with E-state index in [4.69, 9.17) is 9.47 Å². The molecule has 3 N–H and O–H groups in total. The van der Waals surface area contributed by atoms with Crippen molar-refractivity contribution >= 4 is 24.0 Å². The van der Waals surface area contributed by atoms with Crippen molar-refractivity contribution in [2.24, 2.45) is 0 Å². The first-order valence-electron chi connectivity index (χ1n) is 10.2. The van der Waals surface area contributed by atoms with Gasteiger partial charge in [0.25, 0.3) is 0 Å². The third-order valence-electron chi connectivity index (χ3n) is 4.74. The molecule has 1 aromatic carbocycles. The Kier molecular flexibility index (Phi) is 9.92. The SMILES string of the molecule is COc1ccc(CC(NC(=O)CNC(=O)CN2CCOCC2)C(=O)N[C@@H](C)C=O)cc1. The Morgan fingerprint density at radius 1 is 1.13 bits per heavy atom. The van der Waals surface area contributed by atoms with E-state index >= 15 is 0 Å². The fourth-order valence-corrected chi connectivity index (χ4v) is 3.01. The number of methoxy groups -OCH3 is 1. The van der Waals surface area contributed by atoms with Gasteiger partial charge in [-0.2, -0.15) is 0 Å². The molecule has 170 valence electrons. The molecule has 10 nitrogen and oxygen atoms in total. The van der Waals surface area contributed by atoms with Crippen molar-refractivity contribution in [3.63, 3.8) is 0 Å². The molecule has 1 unspecified atom stereocenters. The minimum atomic E-state index is -0.903. The highest BCUT2D eigenvalue weighted by atomic mass is 16.5. The maximum absolute atomic E-state index is 12.6. The first-order valence-corrected chi connectivity index (χ1v) is 10.2. The summed E-state index contributed by atoms with van der Waals surface area (Å²) in [5.41, 5.74) is 0.802. The Labute approximate surface area is 181 Å². The summed E-state index contributed by atoms with van der Waals surface area (Å²) in [6, 6.07) is 5.50. The van der Waals surface area contributed by atoms with E-state index in [1.54, 1.807) is 38.3 Å². The largest absolute Gasteiger partial charge is 0.497 e. The second kappa shape index (κ2) is 12.7. The number of aldehydes is 1. The van der Waals surface area contributed by atoms with Crippen molar-refractivity contribution in [3.05, 3.63) is 29.8 Å². The Morgan fingerprint density at radius 3 is 2.42 bits per heavy atom. The van der Waals surface area contributed by atoms with E-state index in [0.717, 1.165) is 5.56 Å². The van der Waals surface area contributed by atoms with E-state index < -0.39 is 23.9 Å². The van der Waals surface area contributed by atoms with Gasteiger partial charge in [-0.3, -0.25) is 19.3 Å². The van der Waals surface area contributed by atoms with Crippen molar-refractivity contribution in [1.82, 2.24) is 20.9 Å². The molecule has 31 heavy (non-hydrogen) atoms. The molecule has 1 aliphatic heterocycles. The number of rotatable bonds is 11. The minimum absolute atomic E-state index is 0.184. The van der Waals surface area contributed by atoms with Crippen LogP contribution in [0.1, 0.15) is 12.5 Å². The van der Waals surface area contributed by atoms with Crippen LogP contribution in [0, 0.1) is 0 Å². The number of nitrogens with one attached hydrogen (secondary N) is 3. The van der Waals surface area contributed by atoms with Crippen LogP contribution in [0.2, 0.25) is 0 Å². The lowest BCUT2D eigenvalue weighted by Gasteiger charge is -2.25. The highest BCUT2D eigenvalue weighted by Crippen LogP contribution is 2.13. The average molecular weight is 434 g/mol. The first kappa shape index (κ1) is 24.3. The Morgan fingerprint density at radius 2 is 1.81 bits per heavy atom. The summed E-state index contributed by atoms with van der Waals surface area (Å²) in [5, 5.41) is 7.75. The third kappa shape index (κ3) is 8.73. The molecule has 1 fully saturated rings. The monoisotopic (exact) mass is 434 g/mol. The Hall–Kier alpha value is -2.98. The number of carbonyl (C=O) groups excluding carboxylic acids is 4. The Bertz CT molecular complexity index is 749. The molecular weight excluding hydrogens is 404 g/mol. The number of morpholine rings is 1. The van der Waals surface area contributed by atoms with Crippen molar-refractivity contribution in [2.45, 2.75) is 25.4 Å². The maximum atomic E-state index is 12.6. The van der Waals surface area contributed by atoms with Crippen LogP contribution in [-0.4, -0.2) is 87.5 Å². The van der Waals surface area contributed by atoms with E-state index in [9.17, 15) is 19.2 Å². The molecule has 1 heterocycles. The molecule has 3 amide bonds. The van der Waals surface area contributed by atoms with Gasteiger partial charge in [-0.25, -0.2) is 0 Å². The third-order valence-corrected chi connectivity index (χ3v) is 4.74. The highest BCUT2D eigenvalue weighted by molar-refractivity contribution is 5.91. The van der Waals surface area contributed by atoms with Gasteiger partial charge >= 0.3 is 0 Å². The van der Waals surface area contributed by atoms with Crippen LogP contribution >= 0.6 is 0 Å². The molecule has 2 rings (SSSR count). The minimum Gasteiger partial charge on any atom is -0.497 e. The highest BCUT2D eigenvalue weighted by Gasteiger charge is 2.23. The lowest BCUT2D eigenvalue weighted by atomic mass is 10.0. The second-order valence-corrected chi connectivity index (χ2v) is 7.27. The van der Waals surface area contributed by atoms with Gasteiger partial charge in [-0.1, -0.05) is 12.1 Å². The number of nitrogens with zero attached hydrogens (tertiary/aromatic N) is 1. The molecule has 10 heteroatoms. The molecule has 0 saturated carbocycles. The van der Waals surface area contributed by atoms with Crippen LogP contribution in [0.5, 0.6) is 5.75 Å². The normalized spacial score (nSPS) is 15.9. The van der Waals surface area contributed by atoms with E-state index in [2.05, 4.69) is 16.0 Å². The maximum Gasteiger partial charge on any atom is 0.243 e. The summed E-state index contributed by atoms with van der Waals surface area (Å²) in [6.07, 6.45) is 0.824. The van der Waals surface area contributed by atoms with Crippen LogP contribution in [-0.2, 0) is 30.3 Å². The molecule has 0 spiro atoms. The van der Waals surface area contributed by atoms with E-state index in [-0.39, 0.29) is 25.4 Å². The topological polar surface area (TPSA) is 126 Å². The number of amides is 3. The van der Waals surface area contributed by atoms with E-state index in [1.807, 2.05) is 4.90 Å². The standard InChI is InChI=1S/C21H30N4O6/c1-15(14-26)23-21(29)18(11-16-3-5-17(30-2)6-4-16)24-19(27)12-22-20(28)13-25-7-9-31-10-8-25/h3-6,14-15,18H,7-13H2,1-2H3,(H,22,28)(H,23,29)(H,24,27)/t15-,18?/m0/s1. The lowest BCUT2D eigenvalue weighted by Crippen LogP contribution is -2.53. The zero-order chi connectivity index (χ0) is 22.6. The average Bonchev–Trinajstić information content (AvgIpc) is 2.78. The summed E-state index contributed by atoms with van der Waals surface area (Å²) in [6.45, 7) is 3.96. The van der Waals surface area contributed by atoms with Crippen molar-refractivity contribution in [3.8, 4) is 5.75 Å². The van der Waals surface area contributed by atoms with Gasteiger partial charge in [0.1, 0.15) is 18.1 Å². The van der Waals surface area contributed by atoms with Crippen LogP contribution < -0.4 is 20.7 Å². The van der Waals surface area contributed by atoms with Gasteiger partial charge in [0.05, 0.1) is 39.5 Å². The van der Waals surface area contributed by atoms with Crippen LogP contribution in [0.4, 0.5) is 0 Å². The van der Waals surface area contributed by atoms with Gasteiger partial charge in [0.2, 0.25) is 17.7 Å². The lowest BCUT2D eigenvalue weighted by molar-refractivity contribution is -0.130. The number of benzene rings is 1. The fraction of sp³-hybridized carbons (Fsp3) is 0.524. The van der Waals surface area contributed by atoms with Gasteiger partial charge < -0.3 is 30.2 Å². The number of hydrogen-bond donors (Lipinski definition) is 3. The summed E-state index contributed by atoms with van der Waals surface area (Å²) >= 11 is 0. The molecule has 1 saturated heterocycles. The van der Waals surface area contributed by atoms with Gasteiger partial charge in [-0.15, -0.1) is 0 Å². The van der Waals surface area contributed by atoms with E-state index in [1.165, 1.54) is 0 Å². The molecule has 2 atom stereocenters. The van der Waals surface area contributed by atoms with Crippen molar-refractivity contribution in [1.29, 1.82) is 0 Å². The molecule has 0 aromatic heterocycles. The summed E-state index contributed by atoms with van der Waals surface area (Å²) in [5.74, 6) is -0.583. The Balaban J connectivity index is 1.91. The fourth-order valence-electron chi connectivity index (χ4n) is 3.01. The summed E-state index contributed by atoms with van der Waals surface area (Å²) in [4.78, 5) is 49.8. The van der Waals surface area contributed by atoms with E-state index in [0.29, 0.717) is 38.3 Å². The van der Waals surface area contributed by atoms with Crippen LogP contribution in [0.25, 0.3) is 0 Å². The predicted molar refractivity (Wildman–Crippen MR) is 113 cm³/mol. The second-order valence-electron chi connectivity index (χ2n) is 7.27. The number of hydrogen-bond acceptors (Lipinski definition) is 7. The molecule has 0 radical (unpaired) electrons. The zero-order valence-electron chi connectivity index (χ0n) is 17.9. The molecule has 0 bridgehead atoms. The molecule has 1 aromatic rings. The molecule has 0 aliphatic carbocycles. The quantitative estimate of drug-likeness (QED) is 0.377. The predicted octanol–water partition coefficient (Wildman–Crippen LogP) is -1.13. The molecule has 1 aliphatic rings. The number of ether oxygens (including phenoxy) is 2. The van der Waals surface area contributed by atoms with Gasteiger partial charge in [-0.05, 0) is 24.6 Å². The summed E-state index contributed by atoms with van der Waals surface area (Å²) < 4.78 is 10.4. The summed E-state index contributed by atoms with van der Waals surface area (Å²) in [7, 11) is 1.56. The zero-order valence-corrected chi connectivity index (χ0v) is 17.9. The molecular formula is C21H30N4O6. The van der Waals surface area contributed by atoms with Crippen LogP contribution in [0.15, 0.2) is 24.3 Å². The van der Waals surface area contributed by atoms with Crippen LogP contribution in [0.3, 0.4) is 0 Å². The van der Waals surface area contributed by atoms with Gasteiger partial charge in [0.15, 0.2) is 0 Å².